The van der Waals surface area contributed by atoms with Crippen LogP contribution in [-0.4, -0.2) is 70.8 Å². The molecular weight excluding hydrogens is 646 g/mol. The molecule has 0 atom stereocenters. The average Bonchev–Trinajstić information content (AvgIpc) is 3.76. The Bertz CT molecular complexity index is 2050. The second-order valence-electron chi connectivity index (χ2n) is 10.2. The molecule has 1 saturated heterocycles. The fourth-order valence-electron chi connectivity index (χ4n) is 5.21. The Morgan fingerprint density at radius 1 is 0.870 bits per heavy atom. The van der Waals surface area contributed by atoms with Crippen molar-refractivity contribution in [3.8, 4) is 0 Å². The lowest BCUT2D eigenvalue weighted by Gasteiger charge is -2.32. The fraction of sp³-hybridized carbons (Fsp3) is 0.296. The second-order valence-corrected chi connectivity index (χ2v) is 10.6. The molecule has 1 N–H and O–H groups in total. The van der Waals surface area contributed by atoms with Gasteiger partial charge in [0.15, 0.2) is 11.3 Å². The molecular formula is C27H21ClF6N10O2. The molecule has 7 rings (SSSR count). The molecule has 0 saturated carbocycles. The van der Waals surface area contributed by atoms with Gasteiger partial charge in [0.05, 0.1) is 12.7 Å². The molecule has 46 heavy (non-hydrogen) atoms. The van der Waals surface area contributed by atoms with Gasteiger partial charge in [-0.2, -0.15) is 40.5 Å². The lowest BCUT2D eigenvalue weighted by molar-refractivity contribution is -0.147. The highest BCUT2D eigenvalue weighted by Gasteiger charge is 2.38. The van der Waals surface area contributed by atoms with Crippen LogP contribution in [0.1, 0.15) is 46.3 Å². The first-order valence-electron chi connectivity index (χ1n) is 13.5. The van der Waals surface area contributed by atoms with Crippen molar-refractivity contribution in [1.29, 1.82) is 0 Å². The van der Waals surface area contributed by atoms with Gasteiger partial charge in [-0.3, -0.25) is 0 Å². The lowest BCUT2D eigenvalue weighted by atomic mass is 9.89. The van der Waals surface area contributed by atoms with Crippen LogP contribution in [0.3, 0.4) is 0 Å². The number of alkyl halides is 6. The summed E-state index contributed by atoms with van der Waals surface area (Å²) >= 11 is 5.44. The summed E-state index contributed by atoms with van der Waals surface area (Å²) in [7, 11) is 1.35. The second kappa shape index (κ2) is 11.7. The van der Waals surface area contributed by atoms with Crippen LogP contribution in [0.4, 0.5) is 32.2 Å². The number of ether oxygens (including phenoxy) is 1. The molecule has 12 nitrogen and oxygen atoms in total. The van der Waals surface area contributed by atoms with E-state index in [1.54, 1.807) is 12.1 Å². The van der Waals surface area contributed by atoms with Gasteiger partial charge in [-0.25, -0.2) is 4.79 Å². The number of aromatic amines is 1. The van der Waals surface area contributed by atoms with E-state index in [0.717, 1.165) is 33.8 Å². The molecule has 0 spiro atoms. The van der Waals surface area contributed by atoms with E-state index in [1.807, 2.05) is 23.2 Å². The minimum Gasteiger partial charge on any atom is -0.465 e. The topological polar surface area (TPSA) is 131 Å². The molecule has 240 valence electrons. The van der Waals surface area contributed by atoms with Gasteiger partial charge in [0.1, 0.15) is 11.0 Å². The first kappa shape index (κ1) is 31.0. The number of nitrogens with zero attached hydrogens (tertiary/aromatic N) is 9. The summed E-state index contributed by atoms with van der Waals surface area (Å²) in [5, 5.41) is 21.6. The van der Waals surface area contributed by atoms with Crippen LogP contribution in [0.25, 0.3) is 22.2 Å². The average molecular weight is 667 g/mol. The molecule has 0 radical (unpaired) electrons. The van der Waals surface area contributed by atoms with Crippen molar-refractivity contribution in [2.75, 3.05) is 25.1 Å². The van der Waals surface area contributed by atoms with Gasteiger partial charge >= 0.3 is 18.3 Å². The van der Waals surface area contributed by atoms with Gasteiger partial charge in [-0.1, -0.05) is 11.6 Å². The zero-order valence-corrected chi connectivity index (χ0v) is 24.3. The number of benzene rings is 1. The minimum atomic E-state index is -4.63. The number of anilines is 1. The number of hydrogen-bond acceptors (Lipinski definition) is 9. The maximum atomic E-state index is 13.2. The number of halogens is 7. The van der Waals surface area contributed by atoms with Gasteiger partial charge in [-0.15, -0.1) is 25.5 Å². The minimum absolute atomic E-state index is 0.00160. The van der Waals surface area contributed by atoms with Crippen molar-refractivity contribution in [2.24, 2.45) is 0 Å². The molecule has 0 bridgehead atoms. The Morgan fingerprint density at radius 2 is 1.48 bits per heavy atom. The van der Waals surface area contributed by atoms with E-state index in [9.17, 15) is 31.1 Å². The SMILES string of the molecule is COC(=O)c1ccc2[nH]cc(C3CCN(c4ccc5nnc(C(F)(F)F)n5n4)CC3)c2c1.FC(F)(F)c1nnc2ccc(Cl)nn12. The van der Waals surface area contributed by atoms with Crippen molar-refractivity contribution in [1.82, 2.24) is 44.6 Å². The summed E-state index contributed by atoms with van der Waals surface area (Å²) in [5.41, 5.74) is 2.60. The number of nitrogens with one attached hydrogen (secondary N) is 1. The normalized spacial score (nSPS) is 14.6. The van der Waals surface area contributed by atoms with Crippen LogP contribution < -0.4 is 4.90 Å². The molecule has 0 unspecified atom stereocenters. The highest BCUT2D eigenvalue weighted by molar-refractivity contribution is 6.29. The maximum absolute atomic E-state index is 13.2. The van der Waals surface area contributed by atoms with Crippen molar-refractivity contribution in [2.45, 2.75) is 31.1 Å². The zero-order valence-electron chi connectivity index (χ0n) is 23.5. The number of esters is 1. The van der Waals surface area contributed by atoms with Crippen molar-refractivity contribution in [3.63, 3.8) is 0 Å². The standard InChI is InChI=1S/C21H19F3N6O2.C6H2ClF3N4/c1-32-19(31)13-2-3-16-14(10-13)15(11-25-16)12-6-8-29(9-7-12)18-5-4-17-26-27-20(21(22,23)24)30(17)28-18;7-3-1-2-4-11-12-5(6(8,9)10)14(4)13-3/h2-5,10-12,25H,6-9H2,1H3;1-2H. The Kier molecular flexibility index (Phi) is 7.91. The molecule has 1 fully saturated rings. The summed E-state index contributed by atoms with van der Waals surface area (Å²) in [6, 6.07) is 11.2. The first-order valence-corrected chi connectivity index (χ1v) is 13.9. The largest absolute Gasteiger partial charge is 0.465 e. The Balaban J connectivity index is 0.000000221. The summed E-state index contributed by atoms with van der Waals surface area (Å²) < 4.78 is 82.4. The number of H-pyrrole nitrogens is 1. The predicted octanol–water partition coefficient (Wildman–Crippen LogP) is 5.59. The Labute approximate surface area is 258 Å². The fourth-order valence-corrected chi connectivity index (χ4v) is 5.35. The Morgan fingerprint density at radius 3 is 2.09 bits per heavy atom. The molecule has 1 aromatic carbocycles. The van der Waals surface area contributed by atoms with Crippen LogP contribution in [0.15, 0.2) is 48.7 Å². The van der Waals surface area contributed by atoms with Crippen LogP contribution in [-0.2, 0) is 17.1 Å². The van der Waals surface area contributed by atoms with E-state index < -0.39 is 24.0 Å². The van der Waals surface area contributed by atoms with Gasteiger partial charge in [0.2, 0.25) is 0 Å². The van der Waals surface area contributed by atoms with E-state index in [-0.39, 0.29) is 28.3 Å². The molecule has 1 aliphatic heterocycles. The maximum Gasteiger partial charge on any atom is 0.453 e. The number of methoxy groups -OCH3 is 1. The molecule has 19 heteroatoms. The summed E-state index contributed by atoms with van der Waals surface area (Å²) in [5.74, 6) is -2.01. The van der Waals surface area contributed by atoms with Crippen LogP contribution in [0.2, 0.25) is 5.15 Å². The smallest absolute Gasteiger partial charge is 0.453 e. The number of carbonyl (C=O) groups is 1. The number of piperidine rings is 1. The monoisotopic (exact) mass is 666 g/mol. The third-order valence-electron chi connectivity index (χ3n) is 7.38. The van der Waals surface area contributed by atoms with E-state index in [2.05, 4.69) is 35.6 Å². The lowest BCUT2D eigenvalue weighted by Crippen LogP contribution is -2.33. The number of fused-ring (bicyclic) bond motifs is 3. The van der Waals surface area contributed by atoms with Crippen LogP contribution in [0.5, 0.6) is 0 Å². The summed E-state index contributed by atoms with van der Waals surface area (Å²) in [4.78, 5) is 17.1. The number of rotatable bonds is 3. The van der Waals surface area contributed by atoms with Crippen molar-refractivity contribution >= 4 is 45.6 Å². The molecule has 6 heterocycles. The van der Waals surface area contributed by atoms with E-state index in [1.165, 1.54) is 25.3 Å². The van der Waals surface area contributed by atoms with Crippen LogP contribution >= 0.6 is 11.6 Å². The third-order valence-corrected chi connectivity index (χ3v) is 7.58. The molecule has 0 aliphatic carbocycles. The van der Waals surface area contributed by atoms with Gasteiger partial charge < -0.3 is 14.6 Å². The van der Waals surface area contributed by atoms with Gasteiger partial charge in [-0.05, 0) is 66.8 Å². The Hall–Kier alpha value is -5.00. The van der Waals surface area contributed by atoms with Crippen molar-refractivity contribution in [3.05, 3.63) is 76.6 Å². The first-order chi connectivity index (χ1) is 21.8. The summed E-state index contributed by atoms with van der Waals surface area (Å²) in [6.45, 7) is 1.27. The number of carbonyl (C=O) groups excluding carboxylic acids is 1. The number of hydrogen-bond donors (Lipinski definition) is 1. The molecule has 0 amide bonds. The number of aromatic nitrogens is 9. The molecule has 1 aliphatic rings. The van der Waals surface area contributed by atoms with Crippen molar-refractivity contribution < 1.29 is 35.9 Å². The zero-order chi connectivity index (χ0) is 32.8. The van der Waals surface area contributed by atoms with Gasteiger partial charge in [0.25, 0.3) is 11.6 Å². The molecule has 5 aromatic heterocycles. The summed E-state index contributed by atoms with van der Waals surface area (Å²) in [6.07, 6.45) is -5.66. The third kappa shape index (κ3) is 5.99. The highest BCUT2D eigenvalue weighted by atomic mass is 35.5. The van der Waals surface area contributed by atoms with E-state index >= 15 is 0 Å². The van der Waals surface area contributed by atoms with E-state index in [0.29, 0.717) is 29.0 Å². The molecule has 6 aromatic rings. The van der Waals surface area contributed by atoms with E-state index in [4.69, 9.17) is 16.3 Å². The van der Waals surface area contributed by atoms with Gasteiger partial charge in [0, 0.05) is 30.2 Å². The quantitative estimate of drug-likeness (QED) is 0.190. The van der Waals surface area contributed by atoms with Crippen LogP contribution in [0, 0.1) is 0 Å². The predicted molar refractivity (Wildman–Crippen MR) is 150 cm³/mol. The highest BCUT2D eigenvalue weighted by Crippen LogP contribution is 2.35.